The standard InChI is InChI=1S/C19H21FN6O/c1-11-3-4-14(8-21-11)24-19-23-9-15(20)17(26-19)16-10-22-18(25-16)13-5-6-27-12(2)7-13/h3-4,8-10,12-13H,5-7H2,1-2H3,(H,22,25)(H,23,24,26). The van der Waals surface area contributed by atoms with Crippen LogP contribution in [0.25, 0.3) is 11.4 Å². The first-order valence-corrected chi connectivity index (χ1v) is 8.97. The number of aromatic amines is 1. The van der Waals surface area contributed by atoms with Crippen LogP contribution in [-0.2, 0) is 4.74 Å². The van der Waals surface area contributed by atoms with Gasteiger partial charge in [0.25, 0.3) is 0 Å². The first-order valence-electron chi connectivity index (χ1n) is 8.97. The molecule has 27 heavy (non-hydrogen) atoms. The number of pyridine rings is 1. The highest BCUT2D eigenvalue weighted by Crippen LogP contribution is 2.30. The first kappa shape index (κ1) is 17.5. The molecule has 1 aliphatic rings. The number of hydrogen-bond donors (Lipinski definition) is 2. The van der Waals surface area contributed by atoms with Crippen LogP contribution in [0.15, 0.2) is 30.7 Å². The predicted octanol–water partition coefficient (Wildman–Crippen LogP) is 3.74. The van der Waals surface area contributed by atoms with E-state index in [2.05, 4.69) is 37.2 Å². The lowest BCUT2D eigenvalue weighted by molar-refractivity contribution is 0.0174. The highest BCUT2D eigenvalue weighted by atomic mass is 19.1. The van der Waals surface area contributed by atoms with Crippen molar-refractivity contribution in [1.29, 1.82) is 0 Å². The Morgan fingerprint density at radius 2 is 2.07 bits per heavy atom. The SMILES string of the molecule is Cc1ccc(Nc2ncc(F)c(-c3cnc(C4CCOC(C)C4)[nH]3)n2)cn1. The molecule has 0 aromatic carbocycles. The number of imidazole rings is 1. The van der Waals surface area contributed by atoms with Gasteiger partial charge in [0.05, 0.1) is 36.1 Å². The van der Waals surface area contributed by atoms with E-state index in [1.807, 2.05) is 19.1 Å². The van der Waals surface area contributed by atoms with Crippen LogP contribution in [0.5, 0.6) is 0 Å². The molecule has 1 aliphatic heterocycles. The van der Waals surface area contributed by atoms with Crippen molar-refractivity contribution in [1.82, 2.24) is 24.9 Å². The summed E-state index contributed by atoms with van der Waals surface area (Å²) in [5, 5.41) is 3.04. The number of halogens is 1. The fraction of sp³-hybridized carbons (Fsp3) is 0.368. The van der Waals surface area contributed by atoms with Gasteiger partial charge in [0, 0.05) is 18.2 Å². The van der Waals surface area contributed by atoms with E-state index in [1.165, 1.54) is 0 Å². The van der Waals surface area contributed by atoms with E-state index in [4.69, 9.17) is 4.74 Å². The third-order valence-electron chi connectivity index (χ3n) is 4.63. The van der Waals surface area contributed by atoms with E-state index >= 15 is 0 Å². The minimum absolute atomic E-state index is 0.187. The van der Waals surface area contributed by atoms with E-state index in [9.17, 15) is 4.39 Å². The van der Waals surface area contributed by atoms with Gasteiger partial charge in [-0.05, 0) is 38.8 Å². The molecule has 2 atom stereocenters. The monoisotopic (exact) mass is 368 g/mol. The predicted molar refractivity (Wildman–Crippen MR) is 99.2 cm³/mol. The van der Waals surface area contributed by atoms with Crippen LogP contribution in [-0.4, -0.2) is 37.6 Å². The quantitative estimate of drug-likeness (QED) is 0.729. The molecule has 8 heteroatoms. The molecule has 3 aromatic heterocycles. The molecule has 0 bridgehead atoms. The lowest BCUT2D eigenvalue weighted by atomic mass is 9.96. The number of anilines is 2. The molecule has 2 unspecified atom stereocenters. The van der Waals surface area contributed by atoms with Crippen molar-refractivity contribution >= 4 is 11.6 Å². The summed E-state index contributed by atoms with van der Waals surface area (Å²) in [5.74, 6) is 0.921. The van der Waals surface area contributed by atoms with Gasteiger partial charge in [-0.2, -0.15) is 0 Å². The summed E-state index contributed by atoms with van der Waals surface area (Å²) in [7, 11) is 0. The van der Waals surface area contributed by atoms with Crippen molar-refractivity contribution in [2.24, 2.45) is 0 Å². The number of hydrogen-bond acceptors (Lipinski definition) is 6. The number of ether oxygens (including phenoxy) is 1. The molecule has 2 N–H and O–H groups in total. The third kappa shape index (κ3) is 3.95. The fourth-order valence-electron chi connectivity index (χ4n) is 3.20. The Morgan fingerprint density at radius 3 is 2.85 bits per heavy atom. The molecule has 1 saturated heterocycles. The molecule has 0 amide bonds. The summed E-state index contributed by atoms with van der Waals surface area (Å²) in [6, 6.07) is 3.75. The highest BCUT2D eigenvalue weighted by molar-refractivity contribution is 5.58. The van der Waals surface area contributed by atoms with Gasteiger partial charge in [-0.25, -0.2) is 19.3 Å². The van der Waals surface area contributed by atoms with Gasteiger partial charge in [0.1, 0.15) is 11.5 Å². The molecule has 7 nitrogen and oxygen atoms in total. The molecular formula is C19H21FN6O. The summed E-state index contributed by atoms with van der Waals surface area (Å²) in [6.07, 6.45) is 6.46. The first-order chi connectivity index (χ1) is 13.1. The van der Waals surface area contributed by atoms with Crippen LogP contribution in [0.3, 0.4) is 0 Å². The zero-order valence-electron chi connectivity index (χ0n) is 15.2. The molecule has 0 saturated carbocycles. The van der Waals surface area contributed by atoms with Gasteiger partial charge < -0.3 is 15.0 Å². The number of H-pyrrole nitrogens is 1. The van der Waals surface area contributed by atoms with Gasteiger partial charge in [0.2, 0.25) is 5.95 Å². The summed E-state index contributed by atoms with van der Waals surface area (Å²) in [5.41, 5.74) is 2.37. The van der Waals surface area contributed by atoms with Crippen molar-refractivity contribution in [3.05, 3.63) is 48.1 Å². The number of rotatable bonds is 4. The normalized spacial score (nSPS) is 19.8. The Labute approximate surface area is 156 Å². The number of aromatic nitrogens is 5. The molecule has 0 spiro atoms. The Hall–Kier alpha value is -2.87. The topological polar surface area (TPSA) is 88.6 Å². The lowest BCUT2D eigenvalue weighted by Gasteiger charge is -2.25. The van der Waals surface area contributed by atoms with Crippen LogP contribution in [0.4, 0.5) is 16.0 Å². The van der Waals surface area contributed by atoms with Gasteiger partial charge >= 0.3 is 0 Å². The third-order valence-corrected chi connectivity index (χ3v) is 4.63. The molecule has 4 heterocycles. The minimum atomic E-state index is -0.502. The number of aryl methyl sites for hydroxylation is 1. The molecule has 1 fully saturated rings. The molecule has 0 radical (unpaired) electrons. The second-order valence-corrected chi connectivity index (χ2v) is 6.79. The van der Waals surface area contributed by atoms with Crippen molar-refractivity contribution in [2.75, 3.05) is 11.9 Å². The Kier molecular flexibility index (Phi) is 4.81. The van der Waals surface area contributed by atoms with Crippen molar-refractivity contribution in [3.8, 4) is 11.4 Å². The van der Waals surface area contributed by atoms with Gasteiger partial charge in [-0.3, -0.25) is 4.98 Å². The molecular weight excluding hydrogens is 347 g/mol. The Bertz CT molecular complexity index is 926. The van der Waals surface area contributed by atoms with Gasteiger partial charge in [-0.1, -0.05) is 0 Å². The average molecular weight is 368 g/mol. The molecule has 0 aliphatic carbocycles. The van der Waals surface area contributed by atoms with Crippen LogP contribution in [0.1, 0.15) is 37.2 Å². The minimum Gasteiger partial charge on any atom is -0.378 e. The Morgan fingerprint density at radius 1 is 1.19 bits per heavy atom. The molecule has 140 valence electrons. The fourth-order valence-corrected chi connectivity index (χ4v) is 3.20. The summed E-state index contributed by atoms with van der Waals surface area (Å²) in [6.45, 7) is 4.67. The van der Waals surface area contributed by atoms with E-state index < -0.39 is 5.82 Å². The van der Waals surface area contributed by atoms with E-state index in [1.54, 1.807) is 12.4 Å². The van der Waals surface area contributed by atoms with Crippen molar-refractivity contribution in [3.63, 3.8) is 0 Å². The second-order valence-electron chi connectivity index (χ2n) is 6.79. The van der Waals surface area contributed by atoms with Crippen LogP contribution in [0.2, 0.25) is 0 Å². The average Bonchev–Trinajstić information content (AvgIpc) is 3.15. The number of nitrogens with one attached hydrogen (secondary N) is 2. The maximum Gasteiger partial charge on any atom is 0.228 e. The lowest BCUT2D eigenvalue weighted by Crippen LogP contribution is -2.22. The Balaban J connectivity index is 1.57. The smallest absolute Gasteiger partial charge is 0.228 e. The van der Waals surface area contributed by atoms with Crippen molar-refractivity contribution in [2.45, 2.75) is 38.7 Å². The van der Waals surface area contributed by atoms with E-state index in [-0.39, 0.29) is 17.7 Å². The van der Waals surface area contributed by atoms with Gasteiger partial charge in [-0.15, -0.1) is 0 Å². The van der Waals surface area contributed by atoms with Crippen LogP contribution in [0, 0.1) is 12.7 Å². The van der Waals surface area contributed by atoms with Gasteiger partial charge in [0.15, 0.2) is 5.82 Å². The summed E-state index contributed by atoms with van der Waals surface area (Å²) < 4.78 is 19.9. The van der Waals surface area contributed by atoms with Crippen LogP contribution < -0.4 is 5.32 Å². The highest BCUT2D eigenvalue weighted by Gasteiger charge is 2.24. The van der Waals surface area contributed by atoms with Crippen molar-refractivity contribution < 1.29 is 9.13 Å². The molecule has 3 aromatic rings. The zero-order valence-corrected chi connectivity index (χ0v) is 15.2. The number of nitrogens with zero attached hydrogens (tertiary/aromatic N) is 4. The van der Waals surface area contributed by atoms with Crippen LogP contribution >= 0.6 is 0 Å². The molecule has 4 rings (SSSR count). The maximum atomic E-state index is 14.3. The largest absolute Gasteiger partial charge is 0.378 e. The maximum absolute atomic E-state index is 14.3. The van der Waals surface area contributed by atoms with E-state index in [0.29, 0.717) is 18.2 Å². The summed E-state index contributed by atoms with van der Waals surface area (Å²) >= 11 is 0. The zero-order chi connectivity index (χ0) is 18.8. The summed E-state index contributed by atoms with van der Waals surface area (Å²) in [4.78, 5) is 20.2. The van der Waals surface area contributed by atoms with E-state index in [0.717, 1.165) is 36.2 Å². The second kappa shape index (κ2) is 7.40.